The van der Waals surface area contributed by atoms with E-state index >= 15 is 0 Å². The SMILES string of the molecule is CC(CCC(C)Oc1ccccc1)OCC=C(Cl)C(F)(F)F. The van der Waals surface area contributed by atoms with Crippen molar-refractivity contribution >= 4 is 11.6 Å². The molecule has 0 aliphatic heterocycles. The van der Waals surface area contributed by atoms with Gasteiger partial charge in [-0.3, -0.25) is 0 Å². The van der Waals surface area contributed by atoms with Crippen LogP contribution in [-0.2, 0) is 4.74 Å². The Bertz CT molecular complexity index is 460. The largest absolute Gasteiger partial charge is 0.491 e. The summed E-state index contributed by atoms with van der Waals surface area (Å²) in [5.74, 6) is 0.795. The summed E-state index contributed by atoms with van der Waals surface area (Å²) < 4.78 is 47.5. The molecule has 0 bridgehead atoms. The minimum absolute atomic E-state index is 0.00255. The van der Waals surface area contributed by atoms with Gasteiger partial charge < -0.3 is 9.47 Å². The van der Waals surface area contributed by atoms with Crippen LogP contribution in [0.15, 0.2) is 41.4 Å². The minimum Gasteiger partial charge on any atom is -0.491 e. The molecule has 2 atom stereocenters. The molecule has 6 heteroatoms. The Morgan fingerprint density at radius 2 is 1.73 bits per heavy atom. The van der Waals surface area contributed by atoms with Gasteiger partial charge in [-0.25, -0.2) is 0 Å². The van der Waals surface area contributed by atoms with E-state index in [1.54, 1.807) is 0 Å². The van der Waals surface area contributed by atoms with Crippen molar-refractivity contribution in [2.45, 2.75) is 45.1 Å². The van der Waals surface area contributed by atoms with Gasteiger partial charge in [-0.05, 0) is 44.9 Å². The fourth-order valence-corrected chi connectivity index (χ4v) is 1.81. The van der Waals surface area contributed by atoms with Gasteiger partial charge in [-0.2, -0.15) is 13.2 Å². The Labute approximate surface area is 133 Å². The third-order valence-corrected chi connectivity index (χ3v) is 3.34. The molecule has 0 aliphatic carbocycles. The van der Waals surface area contributed by atoms with Crippen molar-refractivity contribution in [2.24, 2.45) is 0 Å². The van der Waals surface area contributed by atoms with E-state index < -0.39 is 11.2 Å². The van der Waals surface area contributed by atoms with E-state index in [2.05, 4.69) is 0 Å². The Kier molecular flexibility index (Phi) is 7.76. The number of ether oxygens (including phenoxy) is 2. The maximum atomic E-state index is 12.2. The monoisotopic (exact) mass is 336 g/mol. The van der Waals surface area contributed by atoms with E-state index in [9.17, 15) is 13.2 Å². The van der Waals surface area contributed by atoms with E-state index in [0.717, 1.165) is 18.2 Å². The van der Waals surface area contributed by atoms with E-state index in [0.29, 0.717) is 6.42 Å². The molecule has 2 nitrogen and oxygen atoms in total. The number of para-hydroxylation sites is 1. The number of hydrogen-bond acceptors (Lipinski definition) is 2. The second kappa shape index (κ2) is 9.06. The van der Waals surface area contributed by atoms with Crippen LogP contribution in [0.1, 0.15) is 26.7 Å². The first-order valence-electron chi connectivity index (χ1n) is 7.05. The van der Waals surface area contributed by atoms with E-state index in [1.807, 2.05) is 44.2 Å². The fourth-order valence-electron chi connectivity index (χ4n) is 1.74. The molecule has 22 heavy (non-hydrogen) atoms. The van der Waals surface area contributed by atoms with Gasteiger partial charge in [0.2, 0.25) is 0 Å². The standard InChI is InChI=1S/C16H20ClF3O2/c1-12(21-11-10-15(17)16(18,19)20)8-9-13(2)22-14-6-4-3-5-7-14/h3-7,10,12-13H,8-9,11H2,1-2H3. The molecule has 2 unspecified atom stereocenters. The first-order chi connectivity index (χ1) is 10.3. The summed E-state index contributed by atoms with van der Waals surface area (Å²) in [6.07, 6.45) is -2.41. The number of hydrogen-bond donors (Lipinski definition) is 0. The van der Waals surface area contributed by atoms with Crippen LogP contribution >= 0.6 is 11.6 Å². The zero-order valence-electron chi connectivity index (χ0n) is 12.6. The molecular weight excluding hydrogens is 317 g/mol. The minimum atomic E-state index is -4.51. The average Bonchev–Trinajstić information content (AvgIpc) is 2.45. The van der Waals surface area contributed by atoms with Crippen LogP contribution in [0.3, 0.4) is 0 Å². The molecule has 124 valence electrons. The van der Waals surface area contributed by atoms with Crippen LogP contribution in [0, 0.1) is 0 Å². The van der Waals surface area contributed by atoms with Gasteiger partial charge in [-0.1, -0.05) is 29.8 Å². The first-order valence-corrected chi connectivity index (χ1v) is 7.43. The van der Waals surface area contributed by atoms with E-state index in [1.165, 1.54) is 0 Å². The molecule has 0 saturated heterocycles. The highest BCUT2D eigenvalue weighted by atomic mass is 35.5. The van der Waals surface area contributed by atoms with Crippen LogP contribution in [0.25, 0.3) is 0 Å². The number of allylic oxidation sites excluding steroid dienone is 1. The summed E-state index contributed by atoms with van der Waals surface area (Å²) in [4.78, 5) is 0. The Morgan fingerprint density at radius 1 is 1.14 bits per heavy atom. The average molecular weight is 337 g/mol. The number of alkyl halides is 3. The quantitative estimate of drug-likeness (QED) is 0.639. The molecule has 0 radical (unpaired) electrons. The molecule has 1 rings (SSSR count). The lowest BCUT2D eigenvalue weighted by molar-refractivity contribution is -0.0852. The molecule has 0 saturated carbocycles. The van der Waals surface area contributed by atoms with Gasteiger partial charge in [-0.15, -0.1) is 0 Å². The predicted molar refractivity (Wildman–Crippen MR) is 81.2 cm³/mol. The zero-order valence-corrected chi connectivity index (χ0v) is 13.3. The lowest BCUT2D eigenvalue weighted by Crippen LogP contribution is -2.17. The van der Waals surface area contributed by atoms with Crippen molar-refractivity contribution in [1.29, 1.82) is 0 Å². The molecule has 1 aromatic rings. The molecule has 1 aromatic carbocycles. The van der Waals surface area contributed by atoms with Crippen molar-refractivity contribution in [3.05, 3.63) is 41.4 Å². The smallest absolute Gasteiger partial charge is 0.426 e. The maximum absolute atomic E-state index is 12.2. The molecule has 0 N–H and O–H groups in total. The second-order valence-electron chi connectivity index (χ2n) is 5.01. The highest BCUT2D eigenvalue weighted by Gasteiger charge is 2.31. The van der Waals surface area contributed by atoms with Crippen molar-refractivity contribution in [3.8, 4) is 5.75 Å². The molecule has 0 heterocycles. The van der Waals surface area contributed by atoms with Crippen LogP contribution in [0.5, 0.6) is 5.75 Å². The third kappa shape index (κ3) is 7.71. The van der Waals surface area contributed by atoms with Gasteiger partial charge in [0.15, 0.2) is 0 Å². The predicted octanol–water partition coefficient (Wildman–Crippen LogP) is 5.32. The highest BCUT2D eigenvalue weighted by Crippen LogP contribution is 2.28. The summed E-state index contributed by atoms with van der Waals surface area (Å²) >= 11 is 5.09. The fraction of sp³-hybridized carbons (Fsp3) is 0.500. The summed E-state index contributed by atoms with van der Waals surface area (Å²) in [7, 11) is 0. The molecular formula is C16H20ClF3O2. The van der Waals surface area contributed by atoms with Crippen LogP contribution < -0.4 is 4.74 Å². The summed E-state index contributed by atoms with van der Waals surface area (Å²) in [6, 6.07) is 9.45. The highest BCUT2D eigenvalue weighted by molar-refractivity contribution is 6.30. The van der Waals surface area contributed by atoms with Gasteiger partial charge >= 0.3 is 6.18 Å². The van der Waals surface area contributed by atoms with E-state index in [-0.39, 0.29) is 18.8 Å². The second-order valence-corrected chi connectivity index (χ2v) is 5.42. The van der Waals surface area contributed by atoms with Crippen molar-refractivity contribution in [2.75, 3.05) is 6.61 Å². The molecule has 0 aliphatic rings. The third-order valence-electron chi connectivity index (χ3n) is 2.97. The topological polar surface area (TPSA) is 18.5 Å². The van der Waals surface area contributed by atoms with Gasteiger partial charge in [0.05, 0.1) is 18.8 Å². The summed E-state index contributed by atoms with van der Waals surface area (Å²) in [5.41, 5.74) is 0. The number of halogens is 4. The Hall–Kier alpha value is -1.20. The maximum Gasteiger partial charge on any atom is 0.426 e. The van der Waals surface area contributed by atoms with Crippen molar-refractivity contribution in [3.63, 3.8) is 0 Å². The first kappa shape index (κ1) is 18.8. The normalized spacial score (nSPS) is 15.5. The van der Waals surface area contributed by atoms with Crippen molar-refractivity contribution < 1.29 is 22.6 Å². The summed E-state index contributed by atoms with van der Waals surface area (Å²) in [6.45, 7) is 3.60. The Balaban J connectivity index is 2.24. The lowest BCUT2D eigenvalue weighted by Gasteiger charge is -2.17. The molecule has 0 aromatic heterocycles. The number of benzene rings is 1. The molecule has 0 fully saturated rings. The lowest BCUT2D eigenvalue weighted by atomic mass is 10.1. The zero-order chi connectivity index (χ0) is 16.6. The van der Waals surface area contributed by atoms with Gasteiger partial charge in [0.1, 0.15) is 10.8 Å². The molecule has 0 amide bonds. The van der Waals surface area contributed by atoms with Crippen LogP contribution in [0.4, 0.5) is 13.2 Å². The van der Waals surface area contributed by atoms with Crippen LogP contribution in [-0.4, -0.2) is 25.0 Å². The number of rotatable bonds is 8. The van der Waals surface area contributed by atoms with Crippen LogP contribution in [0.2, 0.25) is 0 Å². The summed E-state index contributed by atoms with van der Waals surface area (Å²) in [5, 5.41) is -1.15. The van der Waals surface area contributed by atoms with E-state index in [4.69, 9.17) is 21.1 Å². The van der Waals surface area contributed by atoms with Gasteiger partial charge in [0, 0.05) is 0 Å². The molecule has 0 spiro atoms. The van der Waals surface area contributed by atoms with Crippen molar-refractivity contribution in [1.82, 2.24) is 0 Å². The Morgan fingerprint density at radius 3 is 2.32 bits per heavy atom. The van der Waals surface area contributed by atoms with Gasteiger partial charge in [0.25, 0.3) is 0 Å².